The van der Waals surface area contributed by atoms with Crippen molar-refractivity contribution in [3.05, 3.63) is 59.9 Å². The molecule has 1 aromatic carbocycles. The topological polar surface area (TPSA) is 110 Å². The van der Waals surface area contributed by atoms with Crippen molar-refractivity contribution in [2.75, 3.05) is 0 Å². The Morgan fingerprint density at radius 1 is 1.30 bits per heavy atom. The van der Waals surface area contributed by atoms with Gasteiger partial charge in [-0.15, -0.1) is 11.3 Å². The van der Waals surface area contributed by atoms with Gasteiger partial charge in [0, 0.05) is 18.9 Å². The van der Waals surface area contributed by atoms with Gasteiger partial charge in [-0.3, -0.25) is 4.79 Å². The summed E-state index contributed by atoms with van der Waals surface area (Å²) in [7, 11) is -4.17. The van der Waals surface area contributed by atoms with Crippen LogP contribution in [0.2, 0.25) is 0 Å². The zero-order chi connectivity index (χ0) is 21.7. The van der Waals surface area contributed by atoms with E-state index in [9.17, 15) is 27.1 Å². The highest BCUT2D eigenvalue weighted by atomic mass is 32.2. The van der Waals surface area contributed by atoms with Crippen LogP contribution in [0.3, 0.4) is 0 Å². The van der Waals surface area contributed by atoms with Crippen molar-refractivity contribution in [2.45, 2.75) is 34.9 Å². The minimum absolute atomic E-state index is 0.0690. The van der Waals surface area contributed by atoms with Crippen molar-refractivity contribution in [2.24, 2.45) is 0 Å². The molecule has 30 heavy (non-hydrogen) atoms. The van der Waals surface area contributed by atoms with Crippen LogP contribution in [0.4, 0.5) is 8.78 Å². The van der Waals surface area contributed by atoms with Gasteiger partial charge in [0.15, 0.2) is 0 Å². The smallest absolute Gasteiger partial charge is 0.325 e. The number of rotatable bonds is 7. The Balaban J connectivity index is 1.59. The molecule has 0 amide bonds. The van der Waals surface area contributed by atoms with Crippen molar-refractivity contribution in [3.8, 4) is 10.6 Å². The monoisotopic (exact) mass is 454 g/mol. The first-order valence-corrected chi connectivity index (χ1v) is 11.1. The van der Waals surface area contributed by atoms with Gasteiger partial charge in [-0.1, -0.05) is 35.5 Å². The summed E-state index contributed by atoms with van der Waals surface area (Å²) in [4.78, 5) is 12.2. The summed E-state index contributed by atoms with van der Waals surface area (Å²) >= 11 is 0.783. The summed E-state index contributed by atoms with van der Waals surface area (Å²) in [6, 6.07) is 12.5. The van der Waals surface area contributed by atoms with Crippen molar-refractivity contribution in [1.82, 2.24) is 9.88 Å². The summed E-state index contributed by atoms with van der Waals surface area (Å²) in [6.45, 7) is 0.662. The number of sulfonamides is 1. The Labute approximate surface area is 174 Å². The number of hydrogen-bond acceptors (Lipinski definition) is 6. The molecule has 0 aliphatic heterocycles. The van der Waals surface area contributed by atoms with Crippen LogP contribution in [0.15, 0.2) is 57.3 Å². The standard InChI is InChI=1S/C19H16F2N2O5S2/c1-18(20,21)15-9-13(22-28-15)14-7-8-16(29-14)30(26,27)23-19(17(24)25)10-12(19)11-5-3-2-4-6-11/h2-9,12,23H,10H2,1H3,(H,24,25)/t12-,19-/m0/s1. The highest BCUT2D eigenvalue weighted by molar-refractivity contribution is 7.91. The van der Waals surface area contributed by atoms with Crippen molar-refractivity contribution < 1.29 is 31.6 Å². The van der Waals surface area contributed by atoms with Gasteiger partial charge in [0.05, 0.1) is 4.88 Å². The molecule has 1 aliphatic rings. The highest BCUT2D eigenvalue weighted by Crippen LogP contribution is 2.52. The van der Waals surface area contributed by atoms with Gasteiger partial charge in [0.2, 0.25) is 5.76 Å². The molecule has 2 heterocycles. The second-order valence-corrected chi connectivity index (χ2v) is 10.1. The number of hydrogen-bond donors (Lipinski definition) is 2. The number of alkyl halides is 2. The first-order valence-electron chi connectivity index (χ1n) is 8.80. The zero-order valence-electron chi connectivity index (χ0n) is 15.5. The predicted octanol–water partition coefficient (Wildman–Crippen LogP) is 3.80. The summed E-state index contributed by atoms with van der Waals surface area (Å²) in [5.41, 5.74) is -0.833. The average molecular weight is 454 g/mol. The third kappa shape index (κ3) is 3.64. The maximum atomic E-state index is 13.3. The molecule has 2 N–H and O–H groups in total. The van der Waals surface area contributed by atoms with Gasteiger partial charge in [0.25, 0.3) is 10.0 Å². The number of thiophene rings is 1. The molecule has 1 saturated carbocycles. The van der Waals surface area contributed by atoms with Gasteiger partial charge < -0.3 is 9.63 Å². The summed E-state index contributed by atoms with van der Waals surface area (Å²) in [5, 5.41) is 13.3. The molecule has 0 radical (unpaired) electrons. The van der Waals surface area contributed by atoms with E-state index in [2.05, 4.69) is 14.4 Å². The normalized spacial score (nSPS) is 21.5. The van der Waals surface area contributed by atoms with E-state index in [4.69, 9.17) is 0 Å². The Bertz CT molecular complexity index is 1200. The fraction of sp³-hybridized carbons (Fsp3) is 0.263. The predicted molar refractivity (Wildman–Crippen MR) is 104 cm³/mol. The second-order valence-electron chi connectivity index (χ2n) is 7.13. The Hall–Kier alpha value is -2.63. The number of benzene rings is 1. The van der Waals surface area contributed by atoms with E-state index in [0.29, 0.717) is 11.8 Å². The lowest BCUT2D eigenvalue weighted by Gasteiger charge is -2.14. The maximum Gasteiger partial charge on any atom is 0.325 e. The minimum Gasteiger partial charge on any atom is -0.480 e. The molecule has 0 spiro atoms. The molecule has 1 fully saturated rings. The number of carbonyl (C=O) groups is 1. The van der Waals surface area contributed by atoms with Gasteiger partial charge in [0.1, 0.15) is 15.4 Å². The SMILES string of the molecule is CC(F)(F)c1cc(-c2ccc(S(=O)(=O)N[C@@]3(C(=O)O)C[C@H]3c3ccccc3)s2)no1. The molecule has 1 aliphatic carbocycles. The van der Waals surface area contributed by atoms with Gasteiger partial charge in [-0.2, -0.15) is 13.5 Å². The molecule has 4 rings (SSSR count). The van der Waals surface area contributed by atoms with E-state index in [0.717, 1.165) is 23.0 Å². The average Bonchev–Trinajstić information content (AvgIpc) is 3.05. The number of aliphatic carboxylic acids is 1. The van der Waals surface area contributed by atoms with E-state index in [1.54, 1.807) is 30.3 Å². The molecule has 0 bridgehead atoms. The molecular formula is C19H16F2N2O5S2. The molecular weight excluding hydrogens is 438 g/mol. The van der Waals surface area contributed by atoms with E-state index < -0.39 is 39.1 Å². The number of halogens is 2. The van der Waals surface area contributed by atoms with Crippen LogP contribution in [0.5, 0.6) is 0 Å². The van der Waals surface area contributed by atoms with E-state index in [-0.39, 0.29) is 16.3 Å². The summed E-state index contributed by atoms with van der Waals surface area (Å²) in [6.07, 6.45) is 0.127. The first-order chi connectivity index (χ1) is 14.0. The quantitative estimate of drug-likeness (QED) is 0.562. The fourth-order valence-electron chi connectivity index (χ4n) is 3.23. The second kappa shape index (κ2) is 6.96. The third-order valence-electron chi connectivity index (χ3n) is 4.90. The Morgan fingerprint density at radius 3 is 2.60 bits per heavy atom. The minimum atomic E-state index is -4.17. The molecule has 2 aromatic heterocycles. The van der Waals surface area contributed by atoms with Gasteiger partial charge in [-0.25, -0.2) is 8.42 Å². The molecule has 2 atom stereocenters. The van der Waals surface area contributed by atoms with Crippen molar-refractivity contribution in [1.29, 1.82) is 0 Å². The van der Waals surface area contributed by atoms with E-state index in [1.807, 2.05) is 0 Å². The lowest BCUT2D eigenvalue weighted by molar-refractivity contribution is -0.140. The highest BCUT2D eigenvalue weighted by Gasteiger charge is 2.63. The Kier molecular flexibility index (Phi) is 4.79. The lowest BCUT2D eigenvalue weighted by atomic mass is 10.1. The number of nitrogens with one attached hydrogen (secondary N) is 1. The number of carboxylic acids is 1. The Morgan fingerprint density at radius 2 is 2.00 bits per heavy atom. The molecule has 7 nitrogen and oxygen atoms in total. The van der Waals surface area contributed by atoms with Crippen LogP contribution in [-0.2, 0) is 20.7 Å². The molecule has 158 valence electrons. The lowest BCUT2D eigenvalue weighted by Crippen LogP contribution is -2.44. The number of aromatic nitrogens is 1. The number of nitrogens with zero attached hydrogens (tertiary/aromatic N) is 1. The van der Waals surface area contributed by atoms with Crippen LogP contribution in [0.25, 0.3) is 10.6 Å². The van der Waals surface area contributed by atoms with Crippen LogP contribution in [0, 0.1) is 0 Å². The molecule has 11 heteroatoms. The van der Waals surface area contributed by atoms with E-state index in [1.165, 1.54) is 12.1 Å². The maximum absolute atomic E-state index is 13.3. The van der Waals surface area contributed by atoms with Crippen molar-refractivity contribution >= 4 is 27.3 Å². The van der Waals surface area contributed by atoms with E-state index >= 15 is 0 Å². The largest absolute Gasteiger partial charge is 0.480 e. The van der Waals surface area contributed by atoms with Gasteiger partial charge >= 0.3 is 11.9 Å². The van der Waals surface area contributed by atoms with Crippen LogP contribution in [-0.4, -0.2) is 30.2 Å². The number of carboxylic acid groups (broad SMARTS) is 1. The molecule has 3 aromatic rings. The summed E-state index contributed by atoms with van der Waals surface area (Å²) < 4.78 is 59.2. The van der Waals surface area contributed by atoms with Crippen LogP contribution < -0.4 is 4.72 Å². The first kappa shape index (κ1) is 20.6. The zero-order valence-corrected chi connectivity index (χ0v) is 17.1. The summed E-state index contributed by atoms with van der Waals surface area (Å²) in [5.74, 6) is -5.61. The van der Waals surface area contributed by atoms with Crippen LogP contribution in [0.1, 0.15) is 30.6 Å². The third-order valence-corrected chi connectivity index (χ3v) is 8.01. The fourth-order valence-corrected chi connectivity index (χ4v) is 5.90. The van der Waals surface area contributed by atoms with Crippen LogP contribution >= 0.6 is 11.3 Å². The molecule has 0 saturated heterocycles. The van der Waals surface area contributed by atoms with Crippen molar-refractivity contribution in [3.63, 3.8) is 0 Å². The molecule has 0 unspecified atom stereocenters. The van der Waals surface area contributed by atoms with Gasteiger partial charge in [-0.05, 0) is 24.1 Å².